The van der Waals surface area contributed by atoms with Crippen LogP contribution in [0.3, 0.4) is 0 Å². The van der Waals surface area contributed by atoms with Crippen molar-refractivity contribution >= 4 is 34.0 Å². The van der Waals surface area contributed by atoms with E-state index in [0.717, 1.165) is 17.8 Å². The molecular formula is C22H23N5O4. The molecule has 0 unspecified atom stereocenters. The summed E-state index contributed by atoms with van der Waals surface area (Å²) in [7, 11) is 1.51. The summed E-state index contributed by atoms with van der Waals surface area (Å²) in [6, 6.07) is 13.7. The number of rotatable bonds is 5. The van der Waals surface area contributed by atoms with Gasteiger partial charge in [0.05, 0.1) is 25.1 Å². The molecule has 1 fully saturated rings. The van der Waals surface area contributed by atoms with Crippen LogP contribution in [0.2, 0.25) is 0 Å². The Morgan fingerprint density at radius 2 is 1.58 bits per heavy atom. The number of aromatic nitrogens is 2. The van der Waals surface area contributed by atoms with Gasteiger partial charge in [-0.05, 0) is 30.3 Å². The van der Waals surface area contributed by atoms with E-state index in [4.69, 9.17) is 4.74 Å². The highest BCUT2D eigenvalue weighted by Crippen LogP contribution is 2.17. The van der Waals surface area contributed by atoms with Crippen LogP contribution < -0.4 is 16.2 Å². The van der Waals surface area contributed by atoms with Gasteiger partial charge in [0.2, 0.25) is 5.91 Å². The summed E-state index contributed by atoms with van der Waals surface area (Å²) >= 11 is 0. The number of benzene rings is 2. The van der Waals surface area contributed by atoms with Gasteiger partial charge in [-0.3, -0.25) is 19.3 Å². The first-order valence-electron chi connectivity index (χ1n) is 9.99. The third-order valence-electron chi connectivity index (χ3n) is 5.07. The molecule has 3 aromatic rings. The quantitative estimate of drug-likeness (QED) is 0.646. The SMILES string of the molecule is Cn1nc(C(=O)Nc2ccc(NC(=O)CN3CCOCC3)cc2)c2ccccc2c1=O. The molecule has 2 N–H and O–H groups in total. The second kappa shape index (κ2) is 9.07. The average molecular weight is 421 g/mol. The molecule has 31 heavy (non-hydrogen) atoms. The molecule has 0 bridgehead atoms. The van der Waals surface area contributed by atoms with E-state index in [1.807, 2.05) is 4.90 Å². The highest BCUT2D eigenvalue weighted by molar-refractivity contribution is 6.11. The zero-order valence-corrected chi connectivity index (χ0v) is 17.1. The fraction of sp³-hybridized carbons (Fsp3) is 0.273. The minimum absolute atomic E-state index is 0.0976. The Kier molecular flexibility index (Phi) is 6.06. The fourth-order valence-corrected chi connectivity index (χ4v) is 3.46. The summed E-state index contributed by atoms with van der Waals surface area (Å²) in [5.74, 6) is -0.518. The van der Waals surface area contributed by atoms with Crippen molar-refractivity contribution in [3.8, 4) is 0 Å². The van der Waals surface area contributed by atoms with Gasteiger partial charge in [-0.25, -0.2) is 4.68 Å². The van der Waals surface area contributed by atoms with E-state index >= 15 is 0 Å². The Morgan fingerprint density at radius 3 is 2.26 bits per heavy atom. The molecule has 0 saturated carbocycles. The maximum absolute atomic E-state index is 12.8. The van der Waals surface area contributed by atoms with Gasteiger partial charge in [-0.2, -0.15) is 5.10 Å². The molecule has 1 aromatic heterocycles. The Balaban J connectivity index is 1.43. The molecule has 0 aliphatic carbocycles. The van der Waals surface area contributed by atoms with E-state index in [1.165, 1.54) is 7.05 Å². The van der Waals surface area contributed by atoms with Crippen LogP contribution in [0.25, 0.3) is 10.8 Å². The average Bonchev–Trinajstić information content (AvgIpc) is 2.78. The summed E-state index contributed by atoms with van der Waals surface area (Å²) in [6.45, 7) is 3.08. The van der Waals surface area contributed by atoms with E-state index in [-0.39, 0.29) is 17.2 Å². The van der Waals surface area contributed by atoms with Gasteiger partial charge < -0.3 is 15.4 Å². The molecule has 2 aromatic carbocycles. The monoisotopic (exact) mass is 421 g/mol. The first-order valence-corrected chi connectivity index (χ1v) is 9.99. The van der Waals surface area contributed by atoms with E-state index in [9.17, 15) is 14.4 Å². The Morgan fingerprint density at radius 1 is 0.968 bits per heavy atom. The highest BCUT2D eigenvalue weighted by atomic mass is 16.5. The van der Waals surface area contributed by atoms with Crippen molar-refractivity contribution in [1.29, 1.82) is 0 Å². The zero-order valence-electron chi connectivity index (χ0n) is 17.1. The van der Waals surface area contributed by atoms with Gasteiger partial charge in [0, 0.05) is 36.9 Å². The van der Waals surface area contributed by atoms with Crippen molar-refractivity contribution in [3.05, 3.63) is 64.6 Å². The van der Waals surface area contributed by atoms with E-state index < -0.39 is 5.91 Å². The van der Waals surface area contributed by atoms with Gasteiger partial charge in [-0.1, -0.05) is 18.2 Å². The number of carbonyl (C=O) groups is 2. The number of hydrogen-bond donors (Lipinski definition) is 2. The van der Waals surface area contributed by atoms with E-state index in [1.54, 1.807) is 48.5 Å². The van der Waals surface area contributed by atoms with E-state index in [2.05, 4.69) is 15.7 Å². The lowest BCUT2D eigenvalue weighted by Gasteiger charge is -2.25. The van der Waals surface area contributed by atoms with E-state index in [0.29, 0.717) is 41.9 Å². The van der Waals surface area contributed by atoms with Crippen molar-refractivity contribution in [2.75, 3.05) is 43.5 Å². The van der Waals surface area contributed by atoms with Crippen LogP contribution in [0.1, 0.15) is 10.5 Å². The molecule has 1 saturated heterocycles. The second-order valence-corrected chi connectivity index (χ2v) is 7.29. The van der Waals surface area contributed by atoms with Crippen LogP contribution in [0, 0.1) is 0 Å². The lowest BCUT2D eigenvalue weighted by Crippen LogP contribution is -2.41. The maximum atomic E-state index is 12.8. The van der Waals surface area contributed by atoms with Crippen LogP contribution >= 0.6 is 0 Å². The predicted octanol–water partition coefficient (Wildman–Crippen LogP) is 1.46. The van der Waals surface area contributed by atoms with Crippen molar-refractivity contribution in [1.82, 2.24) is 14.7 Å². The molecule has 9 nitrogen and oxygen atoms in total. The number of amides is 2. The largest absolute Gasteiger partial charge is 0.379 e. The Labute approximate surface area is 178 Å². The Bertz CT molecular complexity index is 1170. The molecule has 0 radical (unpaired) electrons. The fourth-order valence-electron chi connectivity index (χ4n) is 3.46. The summed E-state index contributed by atoms with van der Waals surface area (Å²) in [4.78, 5) is 39.3. The number of hydrogen-bond acceptors (Lipinski definition) is 6. The first kappa shape index (κ1) is 20.7. The minimum Gasteiger partial charge on any atom is -0.379 e. The molecule has 1 aliphatic heterocycles. The number of nitrogens with one attached hydrogen (secondary N) is 2. The van der Waals surface area contributed by atoms with Crippen molar-refractivity contribution in [2.45, 2.75) is 0 Å². The topological polar surface area (TPSA) is 106 Å². The van der Waals surface area contributed by atoms with Gasteiger partial charge in [0.15, 0.2) is 5.69 Å². The second-order valence-electron chi connectivity index (χ2n) is 7.29. The lowest BCUT2D eigenvalue weighted by atomic mass is 10.1. The summed E-state index contributed by atoms with van der Waals surface area (Å²) in [6.07, 6.45) is 0. The van der Waals surface area contributed by atoms with Crippen LogP contribution in [-0.2, 0) is 16.6 Å². The van der Waals surface area contributed by atoms with Gasteiger partial charge >= 0.3 is 0 Å². The molecule has 9 heteroatoms. The van der Waals surface area contributed by atoms with Crippen molar-refractivity contribution < 1.29 is 14.3 Å². The number of anilines is 2. The van der Waals surface area contributed by atoms with Crippen molar-refractivity contribution in [3.63, 3.8) is 0 Å². The lowest BCUT2D eigenvalue weighted by molar-refractivity contribution is -0.118. The van der Waals surface area contributed by atoms with Gasteiger partial charge in [0.1, 0.15) is 0 Å². The molecule has 0 spiro atoms. The Hall–Kier alpha value is -3.56. The summed E-state index contributed by atoms with van der Waals surface area (Å²) in [5.41, 5.74) is 1.10. The molecule has 4 rings (SSSR count). The first-order chi connectivity index (χ1) is 15.0. The molecule has 2 amide bonds. The normalized spacial score (nSPS) is 14.4. The number of morpholine rings is 1. The van der Waals surface area contributed by atoms with Crippen molar-refractivity contribution in [2.24, 2.45) is 7.05 Å². The maximum Gasteiger partial charge on any atom is 0.276 e. The molecule has 2 heterocycles. The van der Waals surface area contributed by atoms with Crippen LogP contribution in [0.15, 0.2) is 53.3 Å². The number of aryl methyl sites for hydroxylation is 1. The van der Waals surface area contributed by atoms with Crippen LogP contribution in [-0.4, -0.2) is 59.3 Å². The number of carbonyl (C=O) groups excluding carboxylic acids is 2. The molecule has 0 atom stereocenters. The highest BCUT2D eigenvalue weighted by Gasteiger charge is 2.16. The summed E-state index contributed by atoms with van der Waals surface area (Å²) in [5, 5.41) is 10.7. The zero-order chi connectivity index (χ0) is 21.8. The number of fused-ring (bicyclic) bond motifs is 1. The van der Waals surface area contributed by atoms with Crippen LogP contribution in [0.5, 0.6) is 0 Å². The molecule has 160 valence electrons. The minimum atomic E-state index is -0.420. The predicted molar refractivity (Wildman–Crippen MR) is 117 cm³/mol. The van der Waals surface area contributed by atoms with Crippen LogP contribution in [0.4, 0.5) is 11.4 Å². The third-order valence-corrected chi connectivity index (χ3v) is 5.07. The van der Waals surface area contributed by atoms with Gasteiger partial charge in [-0.15, -0.1) is 0 Å². The van der Waals surface area contributed by atoms with Gasteiger partial charge in [0.25, 0.3) is 11.5 Å². The smallest absolute Gasteiger partial charge is 0.276 e. The summed E-state index contributed by atoms with van der Waals surface area (Å²) < 4.78 is 6.44. The standard InChI is InChI=1S/C22H23N5O4/c1-26-22(30)18-5-3-2-4-17(18)20(25-26)21(29)24-16-8-6-15(7-9-16)23-19(28)14-27-10-12-31-13-11-27/h2-9H,10-14H2,1H3,(H,23,28)(H,24,29). The number of nitrogens with zero attached hydrogens (tertiary/aromatic N) is 3. The number of ether oxygens (including phenoxy) is 1. The molecule has 1 aliphatic rings. The third kappa shape index (κ3) is 4.79. The molecular weight excluding hydrogens is 398 g/mol.